The molecule has 0 fully saturated rings. The normalized spacial score (nSPS) is 10.4. The Balaban J connectivity index is 1.76. The molecule has 0 bridgehead atoms. The van der Waals surface area contributed by atoms with Crippen molar-refractivity contribution in [3.63, 3.8) is 0 Å². The van der Waals surface area contributed by atoms with Crippen molar-refractivity contribution in [1.29, 1.82) is 0 Å². The van der Waals surface area contributed by atoms with Gasteiger partial charge in [-0.1, -0.05) is 46.8 Å². The highest BCUT2D eigenvalue weighted by Crippen LogP contribution is 2.30. The Labute approximate surface area is 144 Å². The second-order valence-corrected chi connectivity index (χ2v) is 5.80. The van der Waals surface area contributed by atoms with Crippen molar-refractivity contribution < 1.29 is 4.52 Å². The Hall–Kier alpha value is -3.02. The van der Waals surface area contributed by atoms with Gasteiger partial charge >= 0.3 is 0 Å². The molecule has 4 aromatic rings. The molecule has 0 spiro atoms. The number of aromatic nitrogens is 1. The molecule has 0 atom stereocenters. The van der Waals surface area contributed by atoms with Crippen LogP contribution in [0, 0.1) is 11.8 Å². The molecule has 0 N–H and O–H groups in total. The quantitative estimate of drug-likeness (QED) is 0.428. The maximum Gasteiger partial charge on any atom is 0.174 e. The Bertz CT molecular complexity index is 1050. The number of nitrogens with zero attached hydrogens (tertiary/aromatic N) is 1. The van der Waals surface area contributed by atoms with E-state index in [1.165, 1.54) is 0 Å². The number of halogens is 1. The van der Waals surface area contributed by atoms with Gasteiger partial charge in [0, 0.05) is 21.7 Å². The summed E-state index contributed by atoms with van der Waals surface area (Å²) in [5, 5.41) is 5.75. The van der Waals surface area contributed by atoms with Gasteiger partial charge in [-0.3, -0.25) is 0 Å². The van der Waals surface area contributed by atoms with Gasteiger partial charge in [0.25, 0.3) is 0 Å². The van der Waals surface area contributed by atoms with E-state index >= 15 is 0 Å². The first-order valence-electron chi connectivity index (χ1n) is 7.52. The number of rotatable bonds is 1. The van der Waals surface area contributed by atoms with Gasteiger partial charge in [0.2, 0.25) is 0 Å². The summed E-state index contributed by atoms with van der Waals surface area (Å²) < 4.78 is 5.52. The number of benzene rings is 3. The second-order valence-electron chi connectivity index (χ2n) is 5.37. The summed E-state index contributed by atoms with van der Waals surface area (Å²) in [6.07, 6.45) is 0. The molecule has 1 heterocycles. The Morgan fingerprint density at radius 1 is 0.792 bits per heavy atom. The minimum atomic E-state index is 0.692. The average Bonchev–Trinajstić information content (AvgIpc) is 3.05. The lowest BCUT2D eigenvalue weighted by atomic mass is 10.1. The van der Waals surface area contributed by atoms with Crippen LogP contribution >= 0.6 is 11.6 Å². The molecule has 4 rings (SSSR count). The smallest absolute Gasteiger partial charge is 0.174 e. The molecule has 24 heavy (non-hydrogen) atoms. The van der Waals surface area contributed by atoms with E-state index in [4.69, 9.17) is 16.1 Å². The molecule has 0 aliphatic heterocycles. The molecule has 3 aromatic carbocycles. The Morgan fingerprint density at radius 3 is 2.33 bits per heavy atom. The summed E-state index contributed by atoms with van der Waals surface area (Å²) in [7, 11) is 0. The lowest BCUT2D eigenvalue weighted by Crippen LogP contribution is -1.78. The molecular formula is C21H12ClNO. The van der Waals surface area contributed by atoms with Gasteiger partial charge in [-0.05, 0) is 54.6 Å². The lowest BCUT2D eigenvalue weighted by molar-refractivity contribution is 0.441. The second kappa shape index (κ2) is 6.23. The summed E-state index contributed by atoms with van der Waals surface area (Å²) in [6.45, 7) is 0. The van der Waals surface area contributed by atoms with Gasteiger partial charge < -0.3 is 4.52 Å². The Morgan fingerprint density at radius 2 is 1.54 bits per heavy atom. The van der Waals surface area contributed by atoms with Crippen LogP contribution in [-0.2, 0) is 0 Å². The van der Waals surface area contributed by atoms with Crippen LogP contribution in [0.1, 0.15) is 11.1 Å². The molecule has 114 valence electrons. The number of hydrogen-bond donors (Lipinski definition) is 0. The van der Waals surface area contributed by atoms with Crippen molar-refractivity contribution >= 4 is 22.5 Å². The summed E-state index contributed by atoms with van der Waals surface area (Å²) in [5.41, 5.74) is 3.66. The predicted octanol–water partition coefficient (Wildman–Crippen LogP) is 5.55. The van der Waals surface area contributed by atoms with E-state index in [0.717, 1.165) is 33.4 Å². The first kappa shape index (κ1) is 14.6. The predicted molar refractivity (Wildman–Crippen MR) is 96.9 cm³/mol. The third kappa shape index (κ3) is 2.90. The summed E-state index contributed by atoms with van der Waals surface area (Å²) >= 11 is 5.95. The van der Waals surface area contributed by atoms with Gasteiger partial charge in [-0.15, -0.1) is 0 Å². The SMILES string of the molecule is Clc1ccc(-c2onc3ccc(C#Cc4ccccc4)cc23)cc1. The van der Waals surface area contributed by atoms with Crippen molar-refractivity contribution in [2.75, 3.05) is 0 Å². The van der Waals surface area contributed by atoms with Crippen LogP contribution < -0.4 is 0 Å². The van der Waals surface area contributed by atoms with Gasteiger partial charge in [0.15, 0.2) is 5.76 Å². The largest absolute Gasteiger partial charge is 0.355 e. The third-order valence-corrected chi connectivity index (χ3v) is 3.96. The van der Waals surface area contributed by atoms with E-state index in [9.17, 15) is 0 Å². The van der Waals surface area contributed by atoms with Crippen molar-refractivity contribution in [1.82, 2.24) is 5.16 Å². The van der Waals surface area contributed by atoms with Gasteiger partial charge in [-0.25, -0.2) is 0 Å². The minimum absolute atomic E-state index is 0.692. The van der Waals surface area contributed by atoms with Gasteiger partial charge in [-0.2, -0.15) is 0 Å². The van der Waals surface area contributed by atoms with Crippen LogP contribution in [0.25, 0.3) is 22.2 Å². The molecule has 0 saturated carbocycles. The third-order valence-electron chi connectivity index (χ3n) is 3.71. The first-order valence-corrected chi connectivity index (χ1v) is 7.90. The maximum atomic E-state index is 5.95. The highest BCUT2D eigenvalue weighted by atomic mass is 35.5. The summed E-state index contributed by atoms with van der Waals surface area (Å²) in [4.78, 5) is 0. The molecule has 0 radical (unpaired) electrons. The van der Waals surface area contributed by atoms with Crippen molar-refractivity contribution in [3.8, 4) is 23.2 Å². The fraction of sp³-hybridized carbons (Fsp3) is 0. The van der Waals surface area contributed by atoms with Crippen molar-refractivity contribution in [2.45, 2.75) is 0 Å². The highest BCUT2D eigenvalue weighted by Gasteiger charge is 2.10. The van der Waals surface area contributed by atoms with Crippen LogP contribution in [0.15, 0.2) is 77.3 Å². The molecule has 1 aromatic heterocycles. The van der Waals surface area contributed by atoms with Crippen molar-refractivity contribution in [2.24, 2.45) is 0 Å². The monoisotopic (exact) mass is 329 g/mol. The molecule has 3 heteroatoms. The van der Waals surface area contributed by atoms with Gasteiger partial charge in [0.1, 0.15) is 5.52 Å². The number of hydrogen-bond acceptors (Lipinski definition) is 2. The zero-order valence-electron chi connectivity index (χ0n) is 12.7. The molecule has 0 amide bonds. The van der Waals surface area contributed by atoms with E-state index < -0.39 is 0 Å². The number of fused-ring (bicyclic) bond motifs is 1. The van der Waals surface area contributed by atoms with Crippen LogP contribution in [0.3, 0.4) is 0 Å². The lowest BCUT2D eigenvalue weighted by Gasteiger charge is -1.97. The van der Waals surface area contributed by atoms with E-state index in [2.05, 4.69) is 17.0 Å². The fourth-order valence-electron chi connectivity index (χ4n) is 2.49. The fourth-order valence-corrected chi connectivity index (χ4v) is 2.62. The average molecular weight is 330 g/mol. The maximum absolute atomic E-state index is 5.95. The highest BCUT2D eigenvalue weighted by molar-refractivity contribution is 6.30. The van der Waals surface area contributed by atoms with E-state index in [1.54, 1.807) is 0 Å². The molecule has 0 aliphatic carbocycles. The topological polar surface area (TPSA) is 26.0 Å². The van der Waals surface area contributed by atoms with E-state index in [1.807, 2.05) is 72.8 Å². The van der Waals surface area contributed by atoms with E-state index in [0.29, 0.717) is 5.02 Å². The van der Waals surface area contributed by atoms with Crippen LogP contribution in [-0.4, -0.2) is 5.16 Å². The van der Waals surface area contributed by atoms with Crippen LogP contribution in [0.2, 0.25) is 5.02 Å². The minimum Gasteiger partial charge on any atom is -0.355 e. The zero-order chi connectivity index (χ0) is 16.4. The standard InChI is InChI=1S/C21H12ClNO/c22-18-11-9-17(10-12-18)21-19-14-16(8-13-20(19)23-24-21)7-6-15-4-2-1-3-5-15/h1-5,8-14H. The molecule has 0 aliphatic rings. The van der Waals surface area contributed by atoms with Crippen LogP contribution in [0.5, 0.6) is 0 Å². The molecular weight excluding hydrogens is 318 g/mol. The Kier molecular flexibility index (Phi) is 3.78. The van der Waals surface area contributed by atoms with Gasteiger partial charge in [0.05, 0.1) is 5.39 Å². The van der Waals surface area contributed by atoms with E-state index in [-0.39, 0.29) is 0 Å². The summed E-state index contributed by atoms with van der Waals surface area (Å²) in [6, 6.07) is 23.3. The van der Waals surface area contributed by atoms with Crippen LogP contribution in [0.4, 0.5) is 0 Å². The molecule has 0 saturated heterocycles. The van der Waals surface area contributed by atoms with Crippen molar-refractivity contribution in [3.05, 3.63) is 88.9 Å². The molecule has 0 unspecified atom stereocenters. The first-order chi connectivity index (χ1) is 11.8. The zero-order valence-corrected chi connectivity index (χ0v) is 13.4. The molecule has 2 nitrogen and oxygen atoms in total. The summed E-state index contributed by atoms with van der Waals surface area (Å²) in [5.74, 6) is 7.08.